The Balaban J connectivity index is 1.97. The first-order chi connectivity index (χ1) is 12.1. The molecule has 0 saturated heterocycles. The number of para-hydroxylation sites is 1. The van der Waals surface area contributed by atoms with Crippen molar-refractivity contribution < 1.29 is 9.90 Å². The van der Waals surface area contributed by atoms with Crippen molar-refractivity contribution in [1.82, 2.24) is 5.32 Å². The van der Waals surface area contributed by atoms with Crippen molar-refractivity contribution in [2.45, 2.75) is 38.6 Å². The summed E-state index contributed by atoms with van der Waals surface area (Å²) in [6.07, 6.45) is 1.49. The molecule has 3 N–H and O–H groups in total. The minimum atomic E-state index is -0.0574. The summed E-state index contributed by atoms with van der Waals surface area (Å²) < 4.78 is 0. The average Bonchev–Trinajstić information content (AvgIpc) is 2.63. The largest absolute Gasteiger partial charge is 0.396 e. The molecule has 2 aromatic carbocycles. The van der Waals surface area contributed by atoms with Gasteiger partial charge in [-0.25, -0.2) is 0 Å². The summed E-state index contributed by atoms with van der Waals surface area (Å²) in [4.78, 5) is 12.4. The molecule has 4 nitrogen and oxygen atoms in total. The normalized spacial score (nSPS) is 12.2. The standard InChI is InChI=1S/C21H28N2O2/c1-16(2)18-11-6-7-12-20(18)23-21(25)15-22-19(13-8-14-24)17-9-4-3-5-10-17/h3-7,9-12,16,19,22,24H,8,13-15H2,1-2H3,(H,23,25). The fourth-order valence-electron chi connectivity index (χ4n) is 2.89. The summed E-state index contributed by atoms with van der Waals surface area (Å²) in [5.74, 6) is 0.295. The molecule has 0 spiro atoms. The quantitative estimate of drug-likeness (QED) is 0.650. The number of amides is 1. The van der Waals surface area contributed by atoms with Crippen LogP contribution in [0.2, 0.25) is 0 Å². The van der Waals surface area contributed by atoms with Gasteiger partial charge in [0.2, 0.25) is 5.91 Å². The van der Waals surface area contributed by atoms with Crippen LogP contribution in [0.25, 0.3) is 0 Å². The lowest BCUT2D eigenvalue weighted by atomic mass is 10.0. The van der Waals surface area contributed by atoms with Crippen molar-refractivity contribution in [3.8, 4) is 0 Å². The summed E-state index contributed by atoms with van der Waals surface area (Å²) in [5, 5.41) is 15.4. The van der Waals surface area contributed by atoms with E-state index >= 15 is 0 Å². The Bertz CT molecular complexity index is 656. The molecule has 0 aliphatic rings. The number of carbonyl (C=O) groups excluding carboxylic acids is 1. The Morgan fingerprint density at radius 3 is 2.40 bits per heavy atom. The van der Waals surface area contributed by atoms with Crippen LogP contribution in [0.15, 0.2) is 54.6 Å². The van der Waals surface area contributed by atoms with E-state index in [2.05, 4.69) is 24.5 Å². The van der Waals surface area contributed by atoms with E-state index in [9.17, 15) is 4.79 Å². The fourth-order valence-corrected chi connectivity index (χ4v) is 2.89. The van der Waals surface area contributed by atoms with Gasteiger partial charge in [0, 0.05) is 18.3 Å². The highest BCUT2D eigenvalue weighted by Crippen LogP contribution is 2.23. The van der Waals surface area contributed by atoms with Crippen LogP contribution in [0.4, 0.5) is 5.69 Å². The summed E-state index contributed by atoms with van der Waals surface area (Å²) >= 11 is 0. The van der Waals surface area contributed by atoms with Crippen LogP contribution in [0.1, 0.15) is 49.8 Å². The minimum absolute atomic E-state index is 0.0550. The Kier molecular flexibility index (Phi) is 7.64. The van der Waals surface area contributed by atoms with Gasteiger partial charge < -0.3 is 15.7 Å². The zero-order chi connectivity index (χ0) is 18.1. The van der Waals surface area contributed by atoms with Gasteiger partial charge in [-0.3, -0.25) is 4.79 Å². The Morgan fingerprint density at radius 1 is 1.04 bits per heavy atom. The van der Waals surface area contributed by atoms with E-state index in [0.29, 0.717) is 12.3 Å². The zero-order valence-corrected chi connectivity index (χ0v) is 15.0. The maximum atomic E-state index is 12.4. The third-order valence-electron chi connectivity index (χ3n) is 4.22. The second-order valence-electron chi connectivity index (χ2n) is 6.50. The number of hydrogen-bond donors (Lipinski definition) is 3. The van der Waals surface area contributed by atoms with Gasteiger partial charge in [-0.2, -0.15) is 0 Å². The molecule has 1 amide bonds. The van der Waals surface area contributed by atoms with Crippen molar-refractivity contribution in [2.24, 2.45) is 0 Å². The Hall–Kier alpha value is -2.17. The lowest BCUT2D eigenvalue weighted by Crippen LogP contribution is -2.31. The van der Waals surface area contributed by atoms with E-state index < -0.39 is 0 Å². The first-order valence-corrected chi connectivity index (χ1v) is 8.89. The van der Waals surface area contributed by atoms with Crippen molar-refractivity contribution >= 4 is 11.6 Å². The monoisotopic (exact) mass is 340 g/mol. The lowest BCUT2D eigenvalue weighted by molar-refractivity contribution is -0.115. The first kappa shape index (κ1) is 19.2. The van der Waals surface area contributed by atoms with Gasteiger partial charge in [-0.1, -0.05) is 62.4 Å². The number of rotatable bonds is 9. The zero-order valence-electron chi connectivity index (χ0n) is 15.0. The number of nitrogens with one attached hydrogen (secondary N) is 2. The second kappa shape index (κ2) is 9.97. The topological polar surface area (TPSA) is 61.4 Å². The highest BCUT2D eigenvalue weighted by molar-refractivity contribution is 5.93. The molecule has 0 fully saturated rings. The molecule has 2 rings (SSSR count). The third-order valence-corrected chi connectivity index (χ3v) is 4.22. The van der Waals surface area contributed by atoms with Crippen molar-refractivity contribution in [3.05, 3.63) is 65.7 Å². The van der Waals surface area contributed by atoms with Crippen LogP contribution in [0, 0.1) is 0 Å². The van der Waals surface area contributed by atoms with Crippen LogP contribution in [-0.4, -0.2) is 24.2 Å². The molecular formula is C21H28N2O2. The second-order valence-corrected chi connectivity index (χ2v) is 6.50. The molecule has 0 heterocycles. The average molecular weight is 340 g/mol. The van der Waals surface area contributed by atoms with Crippen LogP contribution >= 0.6 is 0 Å². The minimum Gasteiger partial charge on any atom is -0.396 e. The van der Waals surface area contributed by atoms with E-state index in [1.807, 2.05) is 54.6 Å². The maximum absolute atomic E-state index is 12.4. The molecule has 0 aliphatic carbocycles. The van der Waals surface area contributed by atoms with E-state index in [-0.39, 0.29) is 25.1 Å². The summed E-state index contributed by atoms with van der Waals surface area (Å²) in [6, 6.07) is 18.0. The van der Waals surface area contributed by atoms with Gasteiger partial charge in [-0.05, 0) is 36.0 Å². The fraction of sp³-hybridized carbons (Fsp3) is 0.381. The van der Waals surface area contributed by atoms with Crippen molar-refractivity contribution in [2.75, 3.05) is 18.5 Å². The van der Waals surface area contributed by atoms with Gasteiger partial charge in [0.25, 0.3) is 0 Å². The smallest absolute Gasteiger partial charge is 0.238 e. The molecule has 0 aromatic heterocycles. The molecule has 1 unspecified atom stereocenters. The number of aliphatic hydroxyl groups is 1. The van der Waals surface area contributed by atoms with Crippen molar-refractivity contribution in [3.63, 3.8) is 0 Å². The van der Waals surface area contributed by atoms with Crippen LogP contribution in [-0.2, 0) is 4.79 Å². The molecule has 25 heavy (non-hydrogen) atoms. The van der Waals surface area contributed by atoms with Gasteiger partial charge in [0.15, 0.2) is 0 Å². The van der Waals surface area contributed by atoms with Gasteiger partial charge in [0.05, 0.1) is 6.54 Å². The number of benzene rings is 2. The molecule has 0 bridgehead atoms. The number of anilines is 1. The van der Waals surface area contributed by atoms with E-state index in [4.69, 9.17) is 5.11 Å². The molecule has 0 aliphatic heterocycles. The molecule has 1 atom stereocenters. The first-order valence-electron chi connectivity index (χ1n) is 8.89. The summed E-state index contributed by atoms with van der Waals surface area (Å²) in [5.41, 5.74) is 3.14. The van der Waals surface area contributed by atoms with Gasteiger partial charge in [0.1, 0.15) is 0 Å². The summed E-state index contributed by atoms with van der Waals surface area (Å²) in [6.45, 7) is 4.61. The van der Waals surface area contributed by atoms with Crippen LogP contribution in [0.3, 0.4) is 0 Å². The van der Waals surface area contributed by atoms with E-state index in [1.54, 1.807) is 0 Å². The van der Waals surface area contributed by atoms with Crippen molar-refractivity contribution in [1.29, 1.82) is 0 Å². The predicted molar refractivity (Wildman–Crippen MR) is 103 cm³/mol. The predicted octanol–water partition coefficient (Wildman–Crippen LogP) is 3.85. The molecule has 0 saturated carbocycles. The van der Waals surface area contributed by atoms with Gasteiger partial charge >= 0.3 is 0 Å². The van der Waals surface area contributed by atoms with Gasteiger partial charge in [-0.15, -0.1) is 0 Å². The van der Waals surface area contributed by atoms with Crippen LogP contribution in [0.5, 0.6) is 0 Å². The molecule has 4 heteroatoms. The van der Waals surface area contributed by atoms with E-state index in [1.165, 1.54) is 0 Å². The third kappa shape index (κ3) is 6.00. The Morgan fingerprint density at radius 2 is 1.72 bits per heavy atom. The molecule has 134 valence electrons. The summed E-state index contributed by atoms with van der Waals surface area (Å²) in [7, 11) is 0. The van der Waals surface area contributed by atoms with E-state index in [0.717, 1.165) is 23.2 Å². The lowest BCUT2D eigenvalue weighted by Gasteiger charge is -2.19. The molecule has 2 aromatic rings. The molecule has 0 radical (unpaired) electrons. The number of aliphatic hydroxyl groups excluding tert-OH is 1. The Labute approximate surface area is 150 Å². The molecular weight excluding hydrogens is 312 g/mol. The number of hydrogen-bond acceptors (Lipinski definition) is 3. The van der Waals surface area contributed by atoms with Crippen LogP contribution < -0.4 is 10.6 Å². The highest BCUT2D eigenvalue weighted by Gasteiger charge is 2.13. The SMILES string of the molecule is CC(C)c1ccccc1NC(=O)CNC(CCCO)c1ccccc1. The number of carbonyl (C=O) groups is 1. The maximum Gasteiger partial charge on any atom is 0.238 e. The highest BCUT2D eigenvalue weighted by atomic mass is 16.2.